The van der Waals surface area contributed by atoms with Gasteiger partial charge in [-0.2, -0.15) is 0 Å². The Morgan fingerprint density at radius 1 is 1.09 bits per heavy atom. The highest BCUT2D eigenvalue weighted by molar-refractivity contribution is 6.54. The number of carbonyl (C=O) groups is 2. The quantitative estimate of drug-likeness (QED) is 0.475. The minimum atomic E-state index is -1.75. The number of alkyl halides is 2. The molecule has 62 valence electrons. The van der Waals surface area contributed by atoms with Gasteiger partial charge in [0.15, 0.2) is 0 Å². The summed E-state index contributed by atoms with van der Waals surface area (Å²) in [6.07, 6.45) is 0. The van der Waals surface area contributed by atoms with Crippen molar-refractivity contribution in [2.45, 2.75) is 4.33 Å². The van der Waals surface area contributed by atoms with Gasteiger partial charge in [0.05, 0.1) is 0 Å². The number of carbonyl (C=O) groups excluding carboxylic acids is 2. The van der Waals surface area contributed by atoms with Gasteiger partial charge in [-0.1, -0.05) is 0 Å². The first-order valence-corrected chi connectivity index (χ1v) is 3.44. The third-order valence-electron chi connectivity index (χ3n) is 1.56. The first-order valence-electron chi connectivity index (χ1n) is 2.68. The topological polar surface area (TPSA) is 80.3 Å². The molecule has 0 aromatic rings. The predicted octanol–water partition coefficient (Wildman–Crippen LogP) is -2.09. The van der Waals surface area contributed by atoms with Gasteiger partial charge in [0.25, 0.3) is 0 Å². The van der Waals surface area contributed by atoms with Crippen LogP contribution in [-0.4, -0.2) is 16.3 Å². The first-order chi connectivity index (χ1) is 4.89. The molecule has 0 radical (unpaired) electrons. The van der Waals surface area contributed by atoms with E-state index in [0.717, 1.165) is 0 Å². The van der Waals surface area contributed by atoms with E-state index in [-0.39, 0.29) is 0 Å². The summed E-state index contributed by atoms with van der Waals surface area (Å²) in [5, 5.41) is 20.2. The standard InChI is InChI=1S/C5H4Cl2O4/c6-5(7)1(3(8)9)2(5)4(10)11/h1-2H,(H,8,9)(H,10,11)/p-2. The average molecular weight is 197 g/mol. The highest BCUT2D eigenvalue weighted by Crippen LogP contribution is 2.58. The summed E-state index contributed by atoms with van der Waals surface area (Å²) in [5.74, 6) is -5.83. The Labute approximate surface area is 71.7 Å². The number of halogens is 2. The van der Waals surface area contributed by atoms with Crippen LogP contribution in [0.3, 0.4) is 0 Å². The number of carboxylic acid groups (broad SMARTS) is 2. The number of rotatable bonds is 2. The highest BCUT2D eigenvalue weighted by Gasteiger charge is 2.64. The Morgan fingerprint density at radius 3 is 1.45 bits per heavy atom. The minimum absolute atomic E-state index is 1.35. The molecule has 0 amide bonds. The Balaban J connectivity index is 2.76. The van der Waals surface area contributed by atoms with Gasteiger partial charge in [0, 0.05) is 23.8 Å². The number of hydrogen-bond donors (Lipinski definition) is 0. The van der Waals surface area contributed by atoms with Gasteiger partial charge >= 0.3 is 0 Å². The smallest absolute Gasteiger partial charge is 0.135 e. The molecule has 1 saturated carbocycles. The first kappa shape index (κ1) is 8.62. The van der Waals surface area contributed by atoms with E-state index >= 15 is 0 Å². The summed E-state index contributed by atoms with van der Waals surface area (Å²) in [7, 11) is 0. The van der Waals surface area contributed by atoms with E-state index in [9.17, 15) is 19.8 Å². The van der Waals surface area contributed by atoms with Gasteiger partial charge in [-0.05, 0) is 0 Å². The maximum Gasteiger partial charge on any atom is 0.135 e. The third kappa shape index (κ3) is 1.16. The molecule has 0 aromatic carbocycles. The van der Waals surface area contributed by atoms with Crippen LogP contribution in [0, 0.1) is 11.8 Å². The Bertz CT molecular complexity index is 203. The van der Waals surface area contributed by atoms with Crippen LogP contribution >= 0.6 is 23.2 Å². The number of carboxylic acids is 2. The highest BCUT2D eigenvalue weighted by atomic mass is 35.5. The SMILES string of the molecule is O=C([O-])C1C(C(=O)[O-])C1(Cl)Cl. The molecule has 2 atom stereocenters. The summed E-state index contributed by atoms with van der Waals surface area (Å²) in [6.45, 7) is 0. The molecule has 0 saturated heterocycles. The maximum absolute atomic E-state index is 10.1. The molecule has 2 unspecified atom stereocenters. The average Bonchev–Trinajstić information content (AvgIpc) is 2.33. The lowest BCUT2D eigenvalue weighted by atomic mass is 10.3. The minimum Gasteiger partial charge on any atom is -0.550 e. The van der Waals surface area contributed by atoms with Crippen molar-refractivity contribution < 1.29 is 19.8 Å². The van der Waals surface area contributed by atoms with Crippen molar-refractivity contribution >= 4 is 35.1 Å². The molecule has 4 nitrogen and oxygen atoms in total. The predicted molar refractivity (Wildman–Crippen MR) is 31.4 cm³/mol. The van der Waals surface area contributed by atoms with Crippen LogP contribution in [0.25, 0.3) is 0 Å². The van der Waals surface area contributed by atoms with E-state index in [0.29, 0.717) is 0 Å². The Hall–Kier alpha value is -0.480. The van der Waals surface area contributed by atoms with E-state index < -0.39 is 28.1 Å². The van der Waals surface area contributed by atoms with E-state index in [1.165, 1.54) is 0 Å². The summed E-state index contributed by atoms with van der Waals surface area (Å²) >= 11 is 10.6. The molecule has 11 heavy (non-hydrogen) atoms. The maximum atomic E-state index is 10.1. The molecule has 0 aliphatic heterocycles. The van der Waals surface area contributed by atoms with Crippen LogP contribution in [0.15, 0.2) is 0 Å². The van der Waals surface area contributed by atoms with Gasteiger partial charge < -0.3 is 19.8 Å². The zero-order chi connectivity index (χ0) is 8.81. The summed E-state index contributed by atoms with van der Waals surface area (Å²) in [4.78, 5) is 20.2. The third-order valence-corrected chi connectivity index (χ3v) is 2.50. The van der Waals surface area contributed by atoms with E-state index in [4.69, 9.17) is 23.2 Å². The second-order valence-corrected chi connectivity index (χ2v) is 3.71. The fraction of sp³-hybridized carbons (Fsp3) is 0.600. The van der Waals surface area contributed by atoms with Crippen LogP contribution in [0.2, 0.25) is 0 Å². The molecule has 0 N–H and O–H groups in total. The van der Waals surface area contributed by atoms with Gasteiger partial charge in [-0.15, -0.1) is 23.2 Å². The molecule has 1 fully saturated rings. The number of aliphatic carboxylic acids is 2. The molecule has 0 heterocycles. The molecule has 0 spiro atoms. The molecule has 1 aliphatic carbocycles. The molecule has 0 bridgehead atoms. The van der Waals surface area contributed by atoms with Crippen molar-refractivity contribution in [2.24, 2.45) is 11.8 Å². The fourth-order valence-electron chi connectivity index (χ4n) is 0.913. The van der Waals surface area contributed by atoms with E-state index in [1.807, 2.05) is 0 Å². The molecular formula is C5H2Cl2O4-2. The zero-order valence-corrected chi connectivity index (χ0v) is 6.56. The fourth-order valence-corrected chi connectivity index (χ4v) is 1.65. The second-order valence-electron chi connectivity index (χ2n) is 2.27. The van der Waals surface area contributed by atoms with E-state index in [1.54, 1.807) is 0 Å². The molecule has 1 rings (SSSR count). The second kappa shape index (κ2) is 2.25. The molecule has 0 aromatic heterocycles. The van der Waals surface area contributed by atoms with Crippen molar-refractivity contribution in [1.29, 1.82) is 0 Å². The Morgan fingerprint density at radius 2 is 1.36 bits per heavy atom. The van der Waals surface area contributed by atoms with E-state index in [2.05, 4.69) is 0 Å². The normalized spacial score (nSPS) is 32.9. The summed E-state index contributed by atoms with van der Waals surface area (Å²) < 4.78 is -1.75. The van der Waals surface area contributed by atoms with Crippen LogP contribution in [0.4, 0.5) is 0 Å². The van der Waals surface area contributed by atoms with Crippen molar-refractivity contribution in [3.05, 3.63) is 0 Å². The lowest BCUT2D eigenvalue weighted by Gasteiger charge is -1.98. The molecular weight excluding hydrogens is 195 g/mol. The van der Waals surface area contributed by atoms with Gasteiger partial charge in [0.1, 0.15) is 4.33 Å². The largest absolute Gasteiger partial charge is 0.550 e. The lowest BCUT2D eigenvalue weighted by Crippen LogP contribution is -2.30. The lowest BCUT2D eigenvalue weighted by molar-refractivity contribution is -0.316. The monoisotopic (exact) mass is 196 g/mol. The van der Waals surface area contributed by atoms with Crippen LogP contribution in [0.5, 0.6) is 0 Å². The summed E-state index contributed by atoms with van der Waals surface area (Å²) in [5.41, 5.74) is 0. The van der Waals surface area contributed by atoms with Gasteiger partial charge in [-0.25, -0.2) is 0 Å². The Kier molecular flexibility index (Phi) is 1.76. The van der Waals surface area contributed by atoms with Crippen molar-refractivity contribution in [1.82, 2.24) is 0 Å². The molecule has 1 aliphatic rings. The summed E-state index contributed by atoms with van der Waals surface area (Å²) in [6, 6.07) is 0. The van der Waals surface area contributed by atoms with Crippen LogP contribution in [0.1, 0.15) is 0 Å². The zero-order valence-electron chi connectivity index (χ0n) is 5.04. The van der Waals surface area contributed by atoms with Gasteiger partial charge in [-0.3, -0.25) is 0 Å². The van der Waals surface area contributed by atoms with Crippen molar-refractivity contribution in [3.8, 4) is 0 Å². The van der Waals surface area contributed by atoms with Crippen molar-refractivity contribution in [3.63, 3.8) is 0 Å². The van der Waals surface area contributed by atoms with Gasteiger partial charge in [0.2, 0.25) is 0 Å². The van der Waals surface area contributed by atoms with Crippen molar-refractivity contribution in [2.75, 3.05) is 0 Å². The van der Waals surface area contributed by atoms with Crippen LogP contribution < -0.4 is 10.2 Å². The molecule has 6 heteroatoms. The van der Waals surface area contributed by atoms with Crippen LogP contribution in [-0.2, 0) is 9.59 Å². The number of hydrogen-bond acceptors (Lipinski definition) is 4.